The molecular formula is C13H13IN4O2. The lowest BCUT2D eigenvalue weighted by Crippen LogP contribution is -2.14. The first kappa shape index (κ1) is 14.6. The van der Waals surface area contributed by atoms with Crippen LogP contribution in [0, 0.1) is 17.0 Å². The number of hydrogen-bond donors (Lipinski definition) is 0. The zero-order valence-electron chi connectivity index (χ0n) is 11.1. The molecule has 0 spiro atoms. The molecule has 6 nitrogen and oxygen atoms in total. The van der Waals surface area contributed by atoms with E-state index in [9.17, 15) is 10.1 Å². The molecule has 104 valence electrons. The van der Waals surface area contributed by atoms with Gasteiger partial charge in [0, 0.05) is 36.6 Å². The number of benzene rings is 1. The molecule has 0 saturated carbocycles. The van der Waals surface area contributed by atoms with Crippen LogP contribution in [0.25, 0.3) is 0 Å². The first-order chi connectivity index (χ1) is 9.52. The minimum Gasteiger partial charge on any atom is -0.329 e. The second kappa shape index (κ2) is 6.12. The summed E-state index contributed by atoms with van der Waals surface area (Å²) in [5, 5.41) is 10.8. The highest BCUT2D eigenvalue weighted by atomic mass is 127. The van der Waals surface area contributed by atoms with Crippen LogP contribution in [0.5, 0.6) is 0 Å². The molecule has 0 aliphatic rings. The number of rotatable bonds is 4. The standard InChI is InChI=1S/C13H13IN4O2/c1-9-8-15-12(7-14)16-13(9)17(2)10-4-3-5-11(6-10)18(19)20/h3-6,8H,7H2,1-2H3. The summed E-state index contributed by atoms with van der Waals surface area (Å²) in [5.74, 6) is 1.50. The van der Waals surface area contributed by atoms with Crippen LogP contribution >= 0.6 is 22.6 Å². The van der Waals surface area contributed by atoms with Crippen molar-refractivity contribution in [3.05, 3.63) is 52.0 Å². The Labute approximate surface area is 130 Å². The fourth-order valence-corrected chi connectivity index (χ4v) is 2.18. The molecular weight excluding hydrogens is 371 g/mol. The normalized spacial score (nSPS) is 10.3. The second-order valence-electron chi connectivity index (χ2n) is 4.26. The van der Waals surface area contributed by atoms with Crippen LogP contribution in [0.1, 0.15) is 11.4 Å². The number of hydrogen-bond acceptors (Lipinski definition) is 5. The van der Waals surface area contributed by atoms with Gasteiger partial charge in [-0.2, -0.15) is 0 Å². The number of anilines is 2. The summed E-state index contributed by atoms with van der Waals surface area (Å²) in [6.45, 7) is 1.92. The number of nitro benzene ring substituents is 1. The van der Waals surface area contributed by atoms with Crippen molar-refractivity contribution < 1.29 is 4.92 Å². The Bertz CT molecular complexity index is 648. The Morgan fingerprint density at radius 2 is 2.20 bits per heavy atom. The molecule has 0 amide bonds. The zero-order chi connectivity index (χ0) is 14.7. The van der Waals surface area contributed by atoms with Crippen molar-refractivity contribution in [1.29, 1.82) is 0 Å². The van der Waals surface area contributed by atoms with Gasteiger partial charge in [-0.3, -0.25) is 10.1 Å². The van der Waals surface area contributed by atoms with E-state index in [0.29, 0.717) is 4.43 Å². The van der Waals surface area contributed by atoms with Gasteiger partial charge in [0.15, 0.2) is 0 Å². The lowest BCUT2D eigenvalue weighted by atomic mass is 10.2. The van der Waals surface area contributed by atoms with Gasteiger partial charge in [0.2, 0.25) is 0 Å². The third kappa shape index (κ3) is 3.03. The molecule has 1 aromatic heterocycles. The summed E-state index contributed by atoms with van der Waals surface area (Å²) < 4.78 is 0.716. The second-order valence-corrected chi connectivity index (χ2v) is 5.03. The van der Waals surface area contributed by atoms with Crippen LogP contribution in [-0.4, -0.2) is 21.9 Å². The maximum Gasteiger partial charge on any atom is 0.271 e. The van der Waals surface area contributed by atoms with Gasteiger partial charge in [-0.05, 0) is 13.0 Å². The summed E-state index contributed by atoms with van der Waals surface area (Å²) in [4.78, 5) is 21.0. The van der Waals surface area contributed by atoms with Crippen molar-refractivity contribution in [1.82, 2.24) is 9.97 Å². The minimum absolute atomic E-state index is 0.0650. The van der Waals surface area contributed by atoms with Crippen LogP contribution < -0.4 is 4.90 Å². The van der Waals surface area contributed by atoms with Crippen molar-refractivity contribution in [3.63, 3.8) is 0 Å². The van der Waals surface area contributed by atoms with Gasteiger partial charge in [-0.15, -0.1) is 0 Å². The highest BCUT2D eigenvalue weighted by Crippen LogP contribution is 2.27. The average molecular weight is 384 g/mol. The molecule has 0 radical (unpaired) electrons. The summed E-state index contributed by atoms with van der Waals surface area (Å²) in [7, 11) is 1.84. The van der Waals surface area contributed by atoms with Gasteiger partial charge in [0.1, 0.15) is 11.6 Å². The van der Waals surface area contributed by atoms with E-state index in [1.807, 2.05) is 24.9 Å². The number of nitrogens with zero attached hydrogens (tertiary/aromatic N) is 4. The molecule has 0 bridgehead atoms. The van der Waals surface area contributed by atoms with Crippen LogP contribution in [-0.2, 0) is 4.43 Å². The molecule has 1 aromatic carbocycles. The van der Waals surface area contributed by atoms with E-state index in [1.165, 1.54) is 12.1 Å². The van der Waals surface area contributed by atoms with Gasteiger partial charge < -0.3 is 4.90 Å². The molecule has 7 heteroatoms. The lowest BCUT2D eigenvalue weighted by Gasteiger charge is -2.20. The van der Waals surface area contributed by atoms with E-state index < -0.39 is 4.92 Å². The lowest BCUT2D eigenvalue weighted by molar-refractivity contribution is -0.384. The number of alkyl halides is 1. The summed E-state index contributed by atoms with van der Waals surface area (Å²) in [6, 6.07) is 6.49. The van der Waals surface area contributed by atoms with Crippen LogP contribution in [0.4, 0.5) is 17.2 Å². The van der Waals surface area contributed by atoms with E-state index in [0.717, 1.165) is 22.9 Å². The predicted molar refractivity (Wildman–Crippen MR) is 85.7 cm³/mol. The van der Waals surface area contributed by atoms with Crippen molar-refractivity contribution in [2.45, 2.75) is 11.4 Å². The van der Waals surface area contributed by atoms with Crippen molar-refractivity contribution >= 4 is 39.8 Å². The number of non-ortho nitro benzene ring substituents is 1. The Hall–Kier alpha value is -1.77. The van der Waals surface area contributed by atoms with E-state index in [4.69, 9.17) is 0 Å². The molecule has 2 aromatic rings. The highest BCUT2D eigenvalue weighted by Gasteiger charge is 2.13. The first-order valence-electron chi connectivity index (χ1n) is 5.89. The number of nitro groups is 1. The Morgan fingerprint density at radius 1 is 1.45 bits per heavy atom. The van der Waals surface area contributed by atoms with Crippen molar-refractivity contribution in [2.24, 2.45) is 0 Å². The van der Waals surface area contributed by atoms with Crippen molar-refractivity contribution in [2.75, 3.05) is 11.9 Å². The first-order valence-corrected chi connectivity index (χ1v) is 7.42. The molecule has 0 saturated heterocycles. The minimum atomic E-state index is -0.402. The maximum atomic E-state index is 10.8. The molecule has 0 atom stereocenters. The SMILES string of the molecule is Cc1cnc(CI)nc1N(C)c1cccc([N+](=O)[O-])c1. The van der Waals surface area contributed by atoms with Gasteiger partial charge in [0.05, 0.1) is 9.35 Å². The quantitative estimate of drug-likeness (QED) is 0.350. The summed E-state index contributed by atoms with van der Waals surface area (Å²) in [6.07, 6.45) is 1.77. The van der Waals surface area contributed by atoms with E-state index in [2.05, 4.69) is 32.6 Å². The molecule has 20 heavy (non-hydrogen) atoms. The van der Waals surface area contributed by atoms with E-state index in [-0.39, 0.29) is 5.69 Å². The monoisotopic (exact) mass is 384 g/mol. The largest absolute Gasteiger partial charge is 0.329 e. The average Bonchev–Trinajstić information content (AvgIpc) is 2.47. The topological polar surface area (TPSA) is 72.2 Å². The zero-order valence-corrected chi connectivity index (χ0v) is 13.2. The Balaban J connectivity index is 2.42. The fourth-order valence-electron chi connectivity index (χ4n) is 1.81. The Morgan fingerprint density at radius 3 is 2.85 bits per heavy atom. The van der Waals surface area contributed by atoms with Gasteiger partial charge in [-0.1, -0.05) is 28.7 Å². The molecule has 0 fully saturated rings. The summed E-state index contributed by atoms with van der Waals surface area (Å²) >= 11 is 2.20. The summed E-state index contributed by atoms with van der Waals surface area (Å²) in [5.41, 5.74) is 1.71. The molecule has 0 aliphatic heterocycles. The molecule has 0 unspecified atom stereocenters. The van der Waals surface area contributed by atoms with E-state index >= 15 is 0 Å². The number of halogens is 1. The van der Waals surface area contributed by atoms with Gasteiger partial charge >= 0.3 is 0 Å². The predicted octanol–water partition coefficient (Wildman–Crippen LogP) is 3.40. The van der Waals surface area contributed by atoms with Crippen LogP contribution in [0.3, 0.4) is 0 Å². The fraction of sp³-hybridized carbons (Fsp3) is 0.231. The van der Waals surface area contributed by atoms with Crippen molar-refractivity contribution in [3.8, 4) is 0 Å². The number of aryl methyl sites for hydroxylation is 1. The molecule has 1 heterocycles. The molecule has 0 aliphatic carbocycles. The maximum absolute atomic E-state index is 10.8. The smallest absolute Gasteiger partial charge is 0.271 e. The van der Waals surface area contributed by atoms with Crippen LogP contribution in [0.2, 0.25) is 0 Å². The van der Waals surface area contributed by atoms with E-state index in [1.54, 1.807) is 12.3 Å². The molecule has 2 rings (SSSR count). The number of aromatic nitrogens is 2. The Kier molecular flexibility index (Phi) is 4.48. The van der Waals surface area contributed by atoms with Gasteiger partial charge in [0.25, 0.3) is 5.69 Å². The third-order valence-corrected chi connectivity index (χ3v) is 3.54. The van der Waals surface area contributed by atoms with Gasteiger partial charge in [-0.25, -0.2) is 9.97 Å². The van der Waals surface area contributed by atoms with Crippen LogP contribution in [0.15, 0.2) is 30.5 Å². The molecule has 0 N–H and O–H groups in total. The third-order valence-electron chi connectivity index (χ3n) is 2.86. The highest BCUT2D eigenvalue weighted by molar-refractivity contribution is 14.1.